The maximum absolute atomic E-state index is 13.5. The fourth-order valence-corrected chi connectivity index (χ4v) is 6.82. The van der Waals surface area contributed by atoms with Gasteiger partial charge in [-0.2, -0.15) is 13.5 Å². The van der Waals surface area contributed by atoms with E-state index in [1.807, 2.05) is 74.5 Å². The van der Waals surface area contributed by atoms with Crippen molar-refractivity contribution in [1.82, 2.24) is 10.6 Å². The zero-order valence-electron chi connectivity index (χ0n) is 29.7. The minimum Gasteiger partial charge on any atom is -0.507 e. The Bertz CT molecular complexity index is 2200. The molecular formula is C42H42N2O8S. The number of hydrogen-bond acceptors (Lipinski definition) is 8. The van der Waals surface area contributed by atoms with Gasteiger partial charge in [0.2, 0.25) is 0 Å². The number of carbonyl (C=O) groups excluding carboxylic acids is 2. The van der Waals surface area contributed by atoms with Gasteiger partial charge in [-0.1, -0.05) is 74.5 Å². The molecule has 0 spiro atoms. The molecule has 2 atom stereocenters. The summed E-state index contributed by atoms with van der Waals surface area (Å²) in [6.45, 7) is 7.67. The van der Waals surface area contributed by atoms with Gasteiger partial charge in [0.25, 0.3) is 11.8 Å². The van der Waals surface area contributed by atoms with E-state index in [0.717, 1.165) is 23.3 Å². The molecule has 0 aliphatic rings. The second kappa shape index (κ2) is 15.3. The summed E-state index contributed by atoms with van der Waals surface area (Å²) < 4.78 is 0. The zero-order chi connectivity index (χ0) is 37.4. The Morgan fingerprint density at radius 1 is 0.528 bits per heavy atom. The lowest BCUT2D eigenvalue weighted by Gasteiger charge is -2.21. The van der Waals surface area contributed by atoms with Crippen molar-refractivity contribution in [2.45, 2.75) is 39.5 Å². The number of fused-ring (bicyclic) bond motifs is 2. The topological polar surface area (TPSA) is 180 Å². The Labute approximate surface area is 313 Å². The van der Waals surface area contributed by atoms with Crippen LogP contribution in [0.1, 0.15) is 68.7 Å². The van der Waals surface area contributed by atoms with Crippen molar-refractivity contribution in [2.24, 2.45) is 0 Å². The van der Waals surface area contributed by atoms with E-state index in [4.69, 9.17) is 0 Å². The van der Waals surface area contributed by atoms with E-state index in [2.05, 4.69) is 10.6 Å². The first-order chi connectivity index (χ1) is 24.8. The number of nitrogens with one attached hydrogen (secondary N) is 2. The molecule has 11 heteroatoms. The van der Waals surface area contributed by atoms with Crippen LogP contribution in [0, 0.1) is 13.8 Å². The Kier molecular flexibility index (Phi) is 11.0. The summed E-state index contributed by atoms with van der Waals surface area (Å²) in [7, 11) is 0. The van der Waals surface area contributed by atoms with Crippen molar-refractivity contribution < 1.29 is 40.2 Å². The van der Waals surface area contributed by atoms with Gasteiger partial charge >= 0.3 is 0 Å². The van der Waals surface area contributed by atoms with Gasteiger partial charge in [0.15, 0.2) is 23.0 Å². The number of phenols is 6. The van der Waals surface area contributed by atoms with Gasteiger partial charge in [-0.25, -0.2) is 0 Å². The van der Waals surface area contributed by atoms with Crippen LogP contribution in [0.5, 0.6) is 34.5 Å². The van der Waals surface area contributed by atoms with Crippen LogP contribution in [-0.4, -0.2) is 55.5 Å². The van der Waals surface area contributed by atoms with Gasteiger partial charge in [-0.15, -0.1) is 0 Å². The highest BCUT2D eigenvalue weighted by atomic mass is 32.1. The molecule has 0 aromatic heterocycles. The first-order valence-electron chi connectivity index (χ1n) is 16.9. The molecule has 274 valence electrons. The van der Waals surface area contributed by atoms with Crippen LogP contribution in [0.3, 0.4) is 0 Å². The lowest BCUT2D eigenvalue weighted by molar-refractivity contribution is 0.0941. The molecule has 53 heavy (non-hydrogen) atoms. The third-order valence-corrected chi connectivity index (χ3v) is 9.71. The van der Waals surface area contributed by atoms with Gasteiger partial charge in [0.1, 0.15) is 11.5 Å². The van der Waals surface area contributed by atoms with Crippen LogP contribution in [0.15, 0.2) is 84.9 Å². The van der Waals surface area contributed by atoms with Crippen molar-refractivity contribution in [2.75, 3.05) is 13.1 Å². The first-order valence-corrected chi connectivity index (χ1v) is 16.9. The van der Waals surface area contributed by atoms with E-state index in [0.29, 0.717) is 11.1 Å². The number of carbonyl (C=O) groups is 2. The third kappa shape index (κ3) is 7.07. The smallest absolute Gasteiger partial charge is 0.255 e. The van der Waals surface area contributed by atoms with Crippen molar-refractivity contribution in [3.8, 4) is 45.6 Å². The van der Waals surface area contributed by atoms with E-state index < -0.39 is 34.8 Å². The molecule has 0 radical (unpaired) electrons. The SMILES string of the molecule is Cc1cc2c(C(=O)NC[C@H](C)c3ccccc3)c(O)c(O)cc2c(O)c1-c1c(C)cc2c(C(=O)NC[C@H](C)c3ccccc3)c(O)c(O)cc2c1O.S. The predicted octanol–water partition coefficient (Wildman–Crippen LogP) is 7.69. The highest BCUT2D eigenvalue weighted by Gasteiger charge is 2.28. The summed E-state index contributed by atoms with van der Waals surface area (Å²) in [5.41, 5.74) is 2.71. The fourth-order valence-electron chi connectivity index (χ4n) is 6.82. The predicted molar refractivity (Wildman–Crippen MR) is 211 cm³/mol. The normalized spacial score (nSPS) is 12.2. The molecule has 0 bridgehead atoms. The van der Waals surface area contributed by atoms with Crippen molar-refractivity contribution in [3.63, 3.8) is 0 Å². The lowest BCUT2D eigenvalue weighted by Crippen LogP contribution is -2.27. The van der Waals surface area contributed by atoms with Crippen LogP contribution in [0.25, 0.3) is 32.7 Å². The van der Waals surface area contributed by atoms with E-state index in [1.54, 1.807) is 26.0 Å². The maximum atomic E-state index is 13.5. The molecule has 0 unspecified atom stereocenters. The monoisotopic (exact) mass is 734 g/mol. The van der Waals surface area contributed by atoms with E-state index in [-0.39, 0.29) is 93.7 Å². The molecule has 8 N–H and O–H groups in total. The second-order valence-electron chi connectivity index (χ2n) is 13.3. The Morgan fingerprint density at radius 3 is 1.21 bits per heavy atom. The molecule has 2 amide bonds. The largest absolute Gasteiger partial charge is 0.507 e. The highest BCUT2D eigenvalue weighted by molar-refractivity contribution is 7.59. The van der Waals surface area contributed by atoms with Gasteiger partial charge < -0.3 is 41.3 Å². The Hall–Kier alpha value is -6.07. The van der Waals surface area contributed by atoms with Gasteiger partial charge in [0.05, 0.1) is 11.1 Å². The van der Waals surface area contributed by atoms with Crippen LogP contribution < -0.4 is 10.6 Å². The summed E-state index contributed by atoms with van der Waals surface area (Å²) in [6.07, 6.45) is 0. The molecule has 6 rings (SSSR count). The molecular weight excluding hydrogens is 693 g/mol. The summed E-state index contributed by atoms with van der Waals surface area (Å²) in [4.78, 5) is 27.0. The third-order valence-electron chi connectivity index (χ3n) is 9.71. The molecule has 0 saturated carbocycles. The number of phenolic OH excluding ortho intramolecular Hbond substituents is 6. The zero-order valence-corrected chi connectivity index (χ0v) is 30.7. The summed E-state index contributed by atoms with van der Waals surface area (Å²) in [6, 6.07) is 24.6. The van der Waals surface area contributed by atoms with Gasteiger partial charge in [0, 0.05) is 45.8 Å². The Balaban J connectivity index is 0.00000541. The van der Waals surface area contributed by atoms with E-state index in [1.165, 1.54) is 0 Å². The number of aromatic hydroxyl groups is 6. The maximum Gasteiger partial charge on any atom is 0.255 e. The average molecular weight is 735 g/mol. The molecule has 0 heterocycles. The molecule has 0 aliphatic carbocycles. The number of benzene rings is 6. The summed E-state index contributed by atoms with van der Waals surface area (Å²) >= 11 is 0. The highest BCUT2D eigenvalue weighted by Crippen LogP contribution is 2.51. The average Bonchev–Trinajstić information content (AvgIpc) is 3.13. The minimum atomic E-state index is -0.656. The molecule has 0 saturated heterocycles. The molecule has 0 fully saturated rings. The molecule has 10 nitrogen and oxygen atoms in total. The lowest BCUT2D eigenvalue weighted by atomic mass is 9.87. The van der Waals surface area contributed by atoms with Gasteiger partial charge in [-0.3, -0.25) is 9.59 Å². The molecule has 0 aliphatic heterocycles. The van der Waals surface area contributed by atoms with Crippen LogP contribution in [0.4, 0.5) is 0 Å². The van der Waals surface area contributed by atoms with Crippen molar-refractivity contribution >= 4 is 46.9 Å². The van der Waals surface area contributed by atoms with Crippen molar-refractivity contribution in [1.29, 1.82) is 0 Å². The van der Waals surface area contributed by atoms with Crippen molar-refractivity contribution in [3.05, 3.63) is 118 Å². The fraction of sp³-hybridized carbons (Fsp3) is 0.190. The van der Waals surface area contributed by atoms with E-state index >= 15 is 0 Å². The van der Waals surface area contributed by atoms with Crippen LogP contribution in [0.2, 0.25) is 0 Å². The van der Waals surface area contributed by atoms with E-state index in [9.17, 15) is 40.2 Å². The van der Waals surface area contributed by atoms with Crippen LogP contribution in [-0.2, 0) is 0 Å². The second-order valence-corrected chi connectivity index (χ2v) is 13.3. The quantitative estimate of drug-likeness (QED) is 0.0697. The number of amides is 2. The number of rotatable bonds is 9. The molecule has 6 aromatic rings. The minimum absolute atomic E-state index is 0. The summed E-state index contributed by atoms with van der Waals surface area (Å²) in [5.74, 6) is -4.73. The van der Waals surface area contributed by atoms with Crippen LogP contribution >= 0.6 is 13.5 Å². The first kappa shape index (κ1) is 38.2. The number of aryl methyl sites for hydroxylation is 2. The molecule has 6 aromatic carbocycles. The number of hydrogen-bond donors (Lipinski definition) is 8. The standard InChI is InChI=1S/C42H40N2O8.H2S/c1-21-15-27-29(17-31(45)39(49)35(27)41(51)43-19-23(3)25-11-7-5-8-12-25)37(47)33(21)34-22(2)16-28-30(38(34)48)18-32(46)40(50)36(28)42(52)44-20-24(4)26-13-9-6-10-14-26;/h5-18,23-24,45-50H,19-20H2,1-4H3,(H,43,51)(H,44,52);1H2/t23-,24-;/m0./s1. The Morgan fingerprint density at radius 2 is 0.868 bits per heavy atom. The summed E-state index contributed by atoms with van der Waals surface area (Å²) in [5, 5.41) is 72.7. The van der Waals surface area contributed by atoms with Gasteiger partial charge in [-0.05, 0) is 72.2 Å².